The number of rotatable bonds is 7. The van der Waals surface area contributed by atoms with Crippen LogP contribution in [0.4, 0.5) is 5.69 Å². The number of aromatic nitrogens is 3. The summed E-state index contributed by atoms with van der Waals surface area (Å²) in [6, 6.07) is 5.24. The van der Waals surface area contributed by atoms with Crippen molar-refractivity contribution in [2.75, 3.05) is 32.3 Å². The van der Waals surface area contributed by atoms with Crippen LogP contribution in [0.5, 0.6) is 17.2 Å². The van der Waals surface area contributed by atoms with Gasteiger partial charge in [0.05, 0.1) is 55.9 Å². The quantitative estimate of drug-likeness (QED) is 0.511. The maximum Gasteiger partial charge on any atom is 0.229 e. The van der Waals surface area contributed by atoms with Gasteiger partial charge >= 0.3 is 0 Å². The second-order valence-corrected chi connectivity index (χ2v) is 9.01. The molecule has 0 aliphatic rings. The molecule has 0 saturated heterocycles. The first-order valence-electron chi connectivity index (χ1n) is 10.3. The normalized spacial score (nSPS) is 10.8. The van der Waals surface area contributed by atoms with Crippen LogP contribution in [-0.4, -0.2) is 51.0 Å². The van der Waals surface area contributed by atoms with Crippen LogP contribution in [0.1, 0.15) is 29.4 Å². The minimum atomic E-state index is -3.45. The molecule has 3 aromatic rings. The maximum absolute atomic E-state index is 11.7. The number of ether oxygens (including phenoxy) is 3. The smallest absolute Gasteiger partial charge is 0.229 e. The van der Waals surface area contributed by atoms with Crippen molar-refractivity contribution >= 4 is 15.7 Å². The lowest BCUT2D eigenvalue weighted by Crippen LogP contribution is -2.11. The molecule has 0 saturated carbocycles. The van der Waals surface area contributed by atoms with Crippen LogP contribution in [-0.2, 0) is 16.4 Å². The standard InChI is InChI=1S/C24H26N4O5S/c1-7-19-17(9-8-16-12-20(15(2)25-13-16)28-34(6,29)30)22(27-14-26-19)18-10-11-21(31-3)24(33-5)23(18)32-4/h10-14,28H,7H2,1-6H3. The lowest BCUT2D eigenvalue weighted by Gasteiger charge is -2.16. The lowest BCUT2D eigenvalue weighted by molar-refractivity contribution is 0.325. The summed E-state index contributed by atoms with van der Waals surface area (Å²) in [6.45, 7) is 3.69. The Morgan fingerprint density at radius 2 is 1.74 bits per heavy atom. The fourth-order valence-corrected chi connectivity index (χ4v) is 3.96. The molecule has 0 aliphatic carbocycles. The highest BCUT2D eigenvalue weighted by Crippen LogP contribution is 2.44. The van der Waals surface area contributed by atoms with Crippen molar-refractivity contribution in [2.45, 2.75) is 20.3 Å². The number of pyridine rings is 1. The Bertz CT molecular complexity index is 1380. The van der Waals surface area contributed by atoms with Crippen molar-refractivity contribution in [3.05, 3.63) is 53.2 Å². The SMILES string of the molecule is CCc1ncnc(-c2ccc(OC)c(OC)c2OC)c1C#Cc1cnc(C)c(NS(C)(=O)=O)c1. The zero-order chi connectivity index (χ0) is 24.9. The highest BCUT2D eigenvalue weighted by molar-refractivity contribution is 7.92. The lowest BCUT2D eigenvalue weighted by atomic mass is 10.0. The number of nitrogens with one attached hydrogen (secondary N) is 1. The van der Waals surface area contributed by atoms with Crippen LogP contribution < -0.4 is 18.9 Å². The second kappa shape index (κ2) is 10.4. The van der Waals surface area contributed by atoms with E-state index in [9.17, 15) is 8.42 Å². The molecule has 9 nitrogen and oxygen atoms in total. The van der Waals surface area contributed by atoms with Gasteiger partial charge in [-0.1, -0.05) is 18.8 Å². The van der Waals surface area contributed by atoms with Crippen molar-refractivity contribution in [3.8, 4) is 40.3 Å². The van der Waals surface area contributed by atoms with Crippen LogP contribution in [0.25, 0.3) is 11.3 Å². The topological polar surface area (TPSA) is 113 Å². The average molecular weight is 483 g/mol. The van der Waals surface area contributed by atoms with E-state index >= 15 is 0 Å². The van der Waals surface area contributed by atoms with Crippen LogP contribution in [0.2, 0.25) is 0 Å². The molecule has 1 N–H and O–H groups in total. The molecular weight excluding hydrogens is 456 g/mol. The molecule has 0 spiro atoms. The van der Waals surface area contributed by atoms with Gasteiger partial charge in [0.15, 0.2) is 11.5 Å². The molecule has 0 unspecified atom stereocenters. The van der Waals surface area contributed by atoms with E-state index < -0.39 is 10.0 Å². The number of methoxy groups -OCH3 is 3. The Morgan fingerprint density at radius 3 is 2.35 bits per heavy atom. The molecule has 2 aromatic heterocycles. The average Bonchev–Trinajstić information content (AvgIpc) is 2.82. The van der Waals surface area contributed by atoms with Crippen molar-refractivity contribution in [1.82, 2.24) is 15.0 Å². The van der Waals surface area contributed by atoms with E-state index in [1.165, 1.54) is 13.4 Å². The number of nitrogens with zero attached hydrogens (tertiary/aromatic N) is 3. The van der Waals surface area contributed by atoms with Gasteiger partial charge in [0.25, 0.3) is 0 Å². The third-order valence-electron chi connectivity index (χ3n) is 4.93. The van der Waals surface area contributed by atoms with Crippen molar-refractivity contribution < 1.29 is 22.6 Å². The van der Waals surface area contributed by atoms with Gasteiger partial charge in [-0.25, -0.2) is 18.4 Å². The molecule has 34 heavy (non-hydrogen) atoms. The summed E-state index contributed by atoms with van der Waals surface area (Å²) >= 11 is 0. The fraction of sp³-hybridized carbons (Fsp3) is 0.292. The van der Waals surface area contributed by atoms with E-state index in [4.69, 9.17) is 14.2 Å². The van der Waals surface area contributed by atoms with E-state index in [1.807, 2.05) is 13.0 Å². The zero-order valence-electron chi connectivity index (χ0n) is 19.9. The number of aryl methyl sites for hydroxylation is 2. The first kappa shape index (κ1) is 24.8. The van der Waals surface area contributed by atoms with Crippen molar-refractivity contribution in [1.29, 1.82) is 0 Å². The van der Waals surface area contributed by atoms with E-state index in [1.54, 1.807) is 39.5 Å². The van der Waals surface area contributed by atoms with Crippen LogP contribution in [0.3, 0.4) is 0 Å². The van der Waals surface area contributed by atoms with Crippen molar-refractivity contribution in [3.63, 3.8) is 0 Å². The van der Waals surface area contributed by atoms with Gasteiger partial charge in [0, 0.05) is 17.3 Å². The highest BCUT2D eigenvalue weighted by atomic mass is 32.2. The molecule has 2 heterocycles. The zero-order valence-corrected chi connectivity index (χ0v) is 20.7. The monoisotopic (exact) mass is 482 g/mol. The van der Waals surface area contributed by atoms with Gasteiger partial charge in [-0.3, -0.25) is 9.71 Å². The first-order valence-corrected chi connectivity index (χ1v) is 12.2. The largest absolute Gasteiger partial charge is 0.493 e. The Morgan fingerprint density at radius 1 is 1.00 bits per heavy atom. The molecule has 10 heteroatoms. The molecule has 0 radical (unpaired) electrons. The summed E-state index contributed by atoms with van der Waals surface area (Å²) in [5, 5.41) is 0. The Hall–Kier alpha value is -3.84. The van der Waals surface area contributed by atoms with Gasteiger partial charge in [0.1, 0.15) is 6.33 Å². The number of hydrogen-bond donors (Lipinski definition) is 1. The Kier molecular flexibility index (Phi) is 7.58. The summed E-state index contributed by atoms with van der Waals surface area (Å²) in [7, 11) is 1.18. The van der Waals surface area contributed by atoms with Gasteiger partial charge in [-0.2, -0.15) is 0 Å². The minimum absolute atomic E-state index is 0.371. The van der Waals surface area contributed by atoms with E-state index in [0.717, 1.165) is 11.9 Å². The van der Waals surface area contributed by atoms with Crippen molar-refractivity contribution in [2.24, 2.45) is 0 Å². The molecule has 0 bridgehead atoms. The molecular formula is C24H26N4O5S. The summed E-state index contributed by atoms with van der Waals surface area (Å²) in [5.41, 5.74) is 4.07. The van der Waals surface area contributed by atoms with E-state index in [0.29, 0.717) is 57.4 Å². The molecule has 0 aliphatic heterocycles. The predicted octanol–water partition coefficient (Wildman–Crippen LogP) is 3.21. The van der Waals surface area contributed by atoms with Gasteiger partial charge in [-0.15, -0.1) is 0 Å². The molecule has 0 amide bonds. The van der Waals surface area contributed by atoms with E-state index in [-0.39, 0.29) is 0 Å². The third-order valence-corrected chi connectivity index (χ3v) is 5.52. The molecule has 3 rings (SSSR count). The van der Waals surface area contributed by atoms with Gasteiger partial charge in [-0.05, 0) is 31.5 Å². The number of hydrogen-bond acceptors (Lipinski definition) is 8. The second-order valence-electron chi connectivity index (χ2n) is 7.26. The summed E-state index contributed by atoms with van der Waals surface area (Å²) in [5.74, 6) is 7.65. The van der Waals surface area contributed by atoms with Crippen LogP contribution >= 0.6 is 0 Å². The van der Waals surface area contributed by atoms with Gasteiger partial charge < -0.3 is 14.2 Å². The van der Waals surface area contributed by atoms with Crippen LogP contribution in [0.15, 0.2) is 30.7 Å². The highest BCUT2D eigenvalue weighted by Gasteiger charge is 2.21. The molecule has 1 aromatic carbocycles. The molecule has 0 atom stereocenters. The number of benzene rings is 1. The maximum atomic E-state index is 11.7. The van der Waals surface area contributed by atoms with E-state index in [2.05, 4.69) is 31.5 Å². The first-order chi connectivity index (χ1) is 16.2. The fourth-order valence-electron chi connectivity index (χ4n) is 3.35. The number of anilines is 1. The summed E-state index contributed by atoms with van der Waals surface area (Å²) in [6.07, 6.45) is 4.78. The minimum Gasteiger partial charge on any atom is -0.493 e. The summed E-state index contributed by atoms with van der Waals surface area (Å²) in [4.78, 5) is 13.1. The van der Waals surface area contributed by atoms with Gasteiger partial charge in [0.2, 0.25) is 15.8 Å². The third kappa shape index (κ3) is 5.38. The molecule has 178 valence electrons. The predicted molar refractivity (Wildman–Crippen MR) is 130 cm³/mol. The molecule has 0 fully saturated rings. The Balaban J connectivity index is 2.18. The number of sulfonamides is 1. The Labute approximate surface area is 199 Å². The summed E-state index contributed by atoms with van der Waals surface area (Å²) < 4.78 is 42.3. The van der Waals surface area contributed by atoms with Crippen LogP contribution in [0, 0.1) is 18.8 Å².